The molecule has 3 nitrogen and oxygen atoms in total. The zero-order chi connectivity index (χ0) is 14.4. The lowest BCUT2D eigenvalue weighted by Crippen LogP contribution is -2.42. The summed E-state index contributed by atoms with van der Waals surface area (Å²) in [6.45, 7) is 4.94. The molecule has 0 saturated carbocycles. The second kappa shape index (κ2) is 4.89. The van der Waals surface area contributed by atoms with E-state index in [-0.39, 0.29) is 10.6 Å². The summed E-state index contributed by atoms with van der Waals surface area (Å²) >= 11 is 11.2. The van der Waals surface area contributed by atoms with Gasteiger partial charge in [0.1, 0.15) is 5.82 Å². The predicted molar refractivity (Wildman–Crippen MR) is 79.9 cm³/mol. The van der Waals surface area contributed by atoms with Crippen molar-refractivity contribution in [2.75, 3.05) is 14.1 Å². The number of likely N-dealkylation sites (N-methyl/N-ethyl adjacent to an activating group) is 1. The van der Waals surface area contributed by atoms with Gasteiger partial charge in [-0.15, -0.1) is 0 Å². The van der Waals surface area contributed by atoms with Gasteiger partial charge in [-0.05, 0) is 46.2 Å². The van der Waals surface area contributed by atoms with Gasteiger partial charge in [-0.1, -0.05) is 11.6 Å². The summed E-state index contributed by atoms with van der Waals surface area (Å²) in [5, 5.41) is 0.109. The molecule has 1 aromatic heterocycles. The molecule has 0 aliphatic heterocycles. The Morgan fingerprint density at radius 1 is 1.42 bits per heavy atom. The van der Waals surface area contributed by atoms with E-state index >= 15 is 0 Å². The Morgan fingerprint density at radius 2 is 2.05 bits per heavy atom. The Kier molecular flexibility index (Phi) is 3.73. The smallest absolute Gasteiger partial charge is 0.178 e. The summed E-state index contributed by atoms with van der Waals surface area (Å²) in [6, 6.07) is 3.00. The normalized spacial score (nSPS) is 12.6. The zero-order valence-corrected chi connectivity index (χ0v) is 13.0. The minimum absolute atomic E-state index is 0.0752. The van der Waals surface area contributed by atoms with E-state index in [0.717, 1.165) is 5.52 Å². The van der Waals surface area contributed by atoms with Crippen LogP contribution in [0.4, 0.5) is 4.39 Å². The molecule has 2 aromatic rings. The number of aromatic nitrogens is 2. The quantitative estimate of drug-likeness (QED) is 0.871. The molecule has 0 atom stereocenters. The lowest BCUT2D eigenvalue weighted by molar-refractivity contribution is 0.170. The highest BCUT2D eigenvalue weighted by Crippen LogP contribution is 2.25. The van der Waals surface area contributed by atoms with Gasteiger partial charge in [0, 0.05) is 18.2 Å². The molecule has 0 spiro atoms. The van der Waals surface area contributed by atoms with E-state index in [4.69, 9.17) is 23.8 Å². The van der Waals surface area contributed by atoms with E-state index in [2.05, 4.69) is 23.7 Å². The second-order valence-corrected chi connectivity index (χ2v) is 6.30. The van der Waals surface area contributed by atoms with Crippen molar-refractivity contribution in [3.8, 4) is 0 Å². The highest BCUT2D eigenvalue weighted by molar-refractivity contribution is 7.71. The van der Waals surface area contributed by atoms with Gasteiger partial charge in [0.25, 0.3) is 0 Å². The summed E-state index contributed by atoms with van der Waals surface area (Å²) in [4.78, 5) is 5.14. The molecule has 0 unspecified atom stereocenters. The average molecular weight is 302 g/mol. The van der Waals surface area contributed by atoms with E-state index in [0.29, 0.717) is 16.8 Å². The lowest BCUT2D eigenvalue weighted by atomic mass is 10.0. The van der Waals surface area contributed by atoms with Crippen molar-refractivity contribution in [1.29, 1.82) is 0 Å². The first-order chi connectivity index (χ1) is 8.72. The molecule has 1 heterocycles. The van der Waals surface area contributed by atoms with Crippen LogP contribution in [-0.4, -0.2) is 34.1 Å². The average Bonchev–Trinajstić information content (AvgIpc) is 2.56. The molecular formula is C13H17ClFN3S. The van der Waals surface area contributed by atoms with Crippen molar-refractivity contribution in [2.45, 2.75) is 25.9 Å². The highest BCUT2D eigenvalue weighted by atomic mass is 35.5. The van der Waals surface area contributed by atoms with E-state index in [1.165, 1.54) is 6.07 Å². The van der Waals surface area contributed by atoms with Gasteiger partial charge in [-0.3, -0.25) is 0 Å². The summed E-state index contributed by atoms with van der Waals surface area (Å²) < 4.78 is 16.0. The van der Waals surface area contributed by atoms with Gasteiger partial charge >= 0.3 is 0 Å². The van der Waals surface area contributed by atoms with Crippen molar-refractivity contribution < 1.29 is 4.39 Å². The Morgan fingerprint density at radius 3 is 2.63 bits per heavy atom. The maximum absolute atomic E-state index is 13.5. The first-order valence-corrected chi connectivity index (χ1v) is 6.76. The molecular weight excluding hydrogens is 285 g/mol. The van der Waals surface area contributed by atoms with Crippen molar-refractivity contribution in [3.63, 3.8) is 0 Å². The second-order valence-electron chi connectivity index (χ2n) is 5.51. The monoisotopic (exact) mass is 301 g/mol. The fraction of sp³-hybridized carbons (Fsp3) is 0.462. The molecule has 2 rings (SSSR count). The first kappa shape index (κ1) is 14.5. The standard InChI is InChI=1S/C13H17ClFN3S/c1-13(2,17(3)4)7-18-11-5-8(14)9(15)6-10(11)16-12(18)19/h5-6H,7H2,1-4H3,(H,16,19). The Balaban J connectivity index is 2.58. The molecule has 19 heavy (non-hydrogen) atoms. The van der Waals surface area contributed by atoms with E-state index in [1.807, 2.05) is 18.7 Å². The van der Waals surface area contributed by atoms with Crippen molar-refractivity contribution in [2.24, 2.45) is 0 Å². The molecule has 0 radical (unpaired) electrons. The van der Waals surface area contributed by atoms with E-state index < -0.39 is 5.82 Å². The number of imidazole rings is 1. The van der Waals surface area contributed by atoms with Crippen LogP contribution in [0.1, 0.15) is 13.8 Å². The van der Waals surface area contributed by atoms with Crippen LogP contribution in [0, 0.1) is 10.6 Å². The summed E-state index contributed by atoms with van der Waals surface area (Å²) in [5.41, 5.74) is 1.42. The third-order valence-electron chi connectivity index (χ3n) is 3.57. The minimum Gasteiger partial charge on any atom is -0.330 e. The van der Waals surface area contributed by atoms with Gasteiger partial charge in [0.05, 0.1) is 16.1 Å². The van der Waals surface area contributed by atoms with Gasteiger partial charge in [-0.2, -0.15) is 0 Å². The van der Waals surface area contributed by atoms with E-state index in [9.17, 15) is 4.39 Å². The van der Waals surface area contributed by atoms with Crippen LogP contribution in [0.3, 0.4) is 0 Å². The molecule has 1 N–H and O–H groups in total. The van der Waals surface area contributed by atoms with Crippen LogP contribution < -0.4 is 0 Å². The molecule has 104 valence electrons. The number of H-pyrrole nitrogens is 1. The number of fused-ring (bicyclic) bond motifs is 1. The molecule has 0 bridgehead atoms. The van der Waals surface area contributed by atoms with Gasteiger partial charge < -0.3 is 14.5 Å². The van der Waals surface area contributed by atoms with Crippen LogP contribution in [-0.2, 0) is 6.54 Å². The Hall–Kier alpha value is -0.910. The molecule has 0 amide bonds. The van der Waals surface area contributed by atoms with Crippen molar-refractivity contribution >= 4 is 34.9 Å². The number of aromatic amines is 1. The van der Waals surface area contributed by atoms with Crippen LogP contribution in [0.25, 0.3) is 11.0 Å². The van der Waals surface area contributed by atoms with E-state index in [1.54, 1.807) is 6.07 Å². The molecule has 6 heteroatoms. The number of benzene rings is 1. The van der Waals surface area contributed by atoms with Gasteiger partial charge in [0.15, 0.2) is 4.77 Å². The summed E-state index contributed by atoms with van der Waals surface area (Å²) in [5.74, 6) is -0.440. The van der Waals surface area contributed by atoms with Crippen LogP contribution >= 0.6 is 23.8 Å². The van der Waals surface area contributed by atoms with Crippen LogP contribution in [0.2, 0.25) is 5.02 Å². The maximum Gasteiger partial charge on any atom is 0.178 e. The molecule has 0 aliphatic rings. The van der Waals surface area contributed by atoms with Crippen LogP contribution in [0.15, 0.2) is 12.1 Å². The number of hydrogen-bond acceptors (Lipinski definition) is 2. The lowest BCUT2D eigenvalue weighted by Gasteiger charge is -2.33. The SMILES string of the molecule is CN(C)C(C)(C)Cn1c(=S)[nH]c2cc(F)c(Cl)cc21. The zero-order valence-electron chi connectivity index (χ0n) is 11.4. The highest BCUT2D eigenvalue weighted by Gasteiger charge is 2.22. The number of hydrogen-bond donors (Lipinski definition) is 1. The van der Waals surface area contributed by atoms with Gasteiger partial charge in [0.2, 0.25) is 0 Å². The number of nitrogens with zero attached hydrogens (tertiary/aromatic N) is 2. The fourth-order valence-corrected chi connectivity index (χ4v) is 2.27. The van der Waals surface area contributed by atoms with Crippen molar-refractivity contribution in [3.05, 3.63) is 27.7 Å². The first-order valence-electron chi connectivity index (χ1n) is 5.97. The predicted octanol–water partition coefficient (Wildman–Crippen LogP) is 3.83. The number of nitrogens with one attached hydrogen (secondary N) is 1. The van der Waals surface area contributed by atoms with Crippen LogP contribution in [0.5, 0.6) is 0 Å². The fourth-order valence-electron chi connectivity index (χ4n) is 1.84. The third kappa shape index (κ3) is 2.68. The Labute approximate surface area is 122 Å². The third-order valence-corrected chi connectivity index (χ3v) is 4.18. The maximum atomic E-state index is 13.5. The van der Waals surface area contributed by atoms with Crippen molar-refractivity contribution in [1.82, 2.24) is 14.5 Å². The largest absolute Gasteiger partial charge is 0.330 e. The number of rotatable bonds is 3. The molecule has 0 saturated heterocycles. The molecule has 1 aromatic carbocycles. The summed E-state index contributed by atoms with van der Waals surface area (Å²) in [6.07, 6.45) is 0. The molecule has 0 aliphatic carbocycles. The summed E-state index contributed by atoms with van der Waals surface area (Å²) in [7, 11) is 4.04. The molecule has 0 fully saturated rings. The number of halogens is 2. The topological polar surface area (TPSA) is 24.0 Å². The minimum atomic E-state index is -0.440. The van der Waals surface area contributed by atoms with Gasteiger partial charge in [-0.25, -0.2) is 4.39 Å². The Bertz CT molecular complexity index is 672.